The van der Waals surface area contributed by atoms with E-state index in [1.165, 1.54) is 60.3 Å². The minimum absolute atomic E-state index is 0.149. The Labute approximate surface area is 223 Å². The lowest BCUT2D eigenvalue weighted by molar-refractivity contribution is 0.205. The van der Waals surface area contributed by atoms with E-state index >= 15 is 0 Å². The first-order valence-electron chi connectivity index (χ1n) is 14.5. The summed E-state index contributed by atoms with van der Waals surface area (Å²) in [5.41, 5.74) is 9.54. The summed E-state index contributed by atoms with van der Waals surface area (Å²) in [6.45, 7) is 14.0. The van der Waals surface area contributed by atoms with Gasteiger partial charge in [-0.3, -0.25) is 4.99 Å². The van der Waals surface area contributed by atoms with Crippen LogP contribution < -0.4 is 4.90 Å². The second kappa shape index (κ2) is 11.5. The lowest BCUT2D eigenvalue weighted by Crippen LogP contribution is -2.37. The predicted octanol–water partition coefficient (Wildman–Crippen LogP) is 7.49. The summed E-state index contributed by atoms with van der Waals surface area (Å²) in [6, 6.07) is 10.2. The van der Waals surface area contributed by atoms with Crippen LogP contribution in [0.3, 0.4) is 0 Å². The molecule has 3 aliphatic rings. The van der Waals surface area contributed by atoms with E-state index in [-0.39, 0.29) is 5.82 Å². The number of likely N-dealkylation sites (tertiary alicyclic amines) is 1. The molecular weight excluding hydrogens is 457 g/mol. The van der Waals surface area contributed by atoms with E-state index < -0.39 is 0 Å². The van der Waals surface area contributed by atoms with Gasteiger partial charge in [0.2, 0.25) is 0 Å². The number of halogens is 1. The third-order valence-corrected chi connectivity index (χ3v) is 9.03. The van der Waals surface area contributed by atoms with Gasteiger partial charge in [0, 0.05) is 36.5 Å². The summed E-state index contributed by atoms with van der Waals surface area (Å²) >= 11 is 0. The molecule has 1 saturated heterocycles. The molecule has 37 heavy (non-hydrogen) atoms. The Hall–Kier alpha value is -2.46. The van der Waals surface area contributed by atoms with Gasteiger partial charge in [0.25, 0.3) is 0 Å². The van der Waals surface area contributed by atoms with E-state index in [4.69, 9.17) is 4.99 Å². The van der Waals surface area contributed by atoms with Gasteiger partial charge < -0.3 is 9.80 Å². The number of hydrogen-bond acceptors (Lipinski definition) is 3. The van der Waals surface area contributed by atoms with Gasteiger partial charge in [-0.1, -0.05) is 32.1 Å². The van der Waals surface area contributed by atoms with Crippen LogP contribution in [0.25, 0.3) is 0 Å². The molecule has 0 saturated carbocycles. The van der Waals surface area contributed by atoms with E-state index in [2.05, 4.69) is 55.5 Å². The summed E-state index contributed by atoms with van der Waals surface area (Å²) in [6.07, 6.45) is 10.3. The van der Waals surface area contributed by atoms with Gasteiger partial charge in [0.15, 0.2) is 0 Å². The zero-order valence-corrected chi connectivity index (χ0v) is 23.1. The molecule has 4 heteroatoms. The predicted molar refractivity (Wildman–Crippen MR) is 155 cm³/mol. The van der Waals surface area contributed by atoms with Crippen LogP contribution in [0.5, 0.6) is 0 Å². The van der Waals surface area contributed by atoms with Crippen molar-refractivity contribution in [2.75, 3.05) is 38.1 Å². The van der Waals surface area contributed by atoms with Crippen LogP contribution in [0.2, 0.25) is 0 Å². The molecule has 5 rings (SSSR count). The maximum Gasteiger partial charge on any atom is 0.123 e. The Kier molecular flexibility index (Phi) is 8.14. The van der Waals surface area contributed by atoms with Crippen LogP contribution in [-0.4, -0.2) is 43.8 Å². The van der Waals surface area contributed by atoms with Gasteiger partial charge in [-0.2, -0.15) is 0 Å². The van der Waals surface area contributed by atoms with E-state index in [0.717, 1.165) is 44.5 Å². The van der Waals surface area contributed by atoms with Gasteiger partial charge in [0.1, 0.15) is 5.82 Å². The third kappa shape index (κ3) is 5.70. The average molecular weight is 502 g/mol. The monoisotopic (exact) mass is 501 g/mol. The molecule has 0 N–H and O–H groups in total. The first-order chi connectivity index (χ1) is 17.9. The topological polar surface area (TPSA) is 18.8 Å². The highest BCUT2D eigenvalue weighted by atomic mass is 19.1. The van der Waals surface area contributed by atoms with E-state index in [1.54, 1.807) is 17.7 Å². The molecule has 0 radical (unpaired) electrons. The molecule has 2 aromatic carbocycles. The molecule has 0 aromatic heterocycles. The van der Waals surface area contributed by atoms with Crippen molar-refractivity contribution < 1.29 is 4.39 Å². The molecular formula is C33H44FN3. The number of fused-ring (bicyclic) bond motifs is 2. The van der Waals surface area contributed by atoms with Crippen molar-refractivity contribution in [2.24, 2.45) is 10.9 Å². The van der Waals surface area contributed by atoms with Gasteiger partial charge in [-0.05, 0) is 117 Å². The normalized spacial score (nSPS) is 19.8. The molecule has 3 nitrogen and oxygen atoms in total. The van der Waals surface area contributed by atoms with Crippen LogP contribution in [-0.2, 0) is 13.0 Å². The summed E-state index contributed by atoms with van der Waals surface area (Å²) in [7, 11) is 2.26. The molecule has 0 bridgehead atoms. The van der Waals surface area contributed by atoms with E-state index in [9.17, 15) is 4.39 Å². The lowest BCUT2D eigenvalue weighted by Gasteiger charge is -2.33. The molecule has 1 fully saturated rings. The van der Waals surface area contributed by atoms with Crippen LogP contribution in [0.15, 0.2) is 48.0 Å². The van der Waals surface area contributed by atoms with E-state index in [1.807, 2.05) is 6.07 Å². The fraction of sp³-hybridized carbons (Fsp3) is 0.545. The first kappa shape index (κ1) is 26.2. The average Bonchev–Trinajstić information content (AvgIpc) is 3.31. The van der Waals surface area contributed by atoms with Crippen molar-refractivity contribution in [1.29, 1.82) is 0 Å². The third-order valence-electron chi connectivity index (χ3n) is 9.03. The molecule has 0 aliphatic carbocycles. The highest BCUT2D eigenvalue weighted by molar-refractivity contribution is 6.05. The Bertz CT molecular complexity index is 1140. The summed E-state index contributed by atoms with van der Waals surface area (Å²) in [5.74, 6) is 1.46. The minimum Gasteiger partial charge on any atom is -0.374 e. The molecule has 2 unspecified atom stereocenters. The number of benzene rings is 2. The zero-order valence-electron chi connectivity index (χ0n) is 23.1. The molecule has 198 valence electrons. The summed E-state index contributed by atoms with van der Waals surface area (Å²) in [5, 5.41) is 0. The molecule has 3 heterocycles. The Balaban J connectivity index is 1.15. The number of aliphatic imine (C=N–C) groups is 1. The first-order valence-corrected chi connectivity index (χ1v) is 14.5. The van der Waals surface area contributed by atoms with E-state index in [0.29, 0.717) is 24.3 Å². The fourth-order valence-electron chi connectivity index (χ4n) is 6.82. The van der Waals surface area contributed by atoms with Crippen LogP contribution >= 0.6 is 0 Å². The number of rotatable bonds is 9. The number of allylic oxidation sites excluding steroid dienone is 1. The molecule has 3 aliphatic heterocycles. The SMILES string of the molecule is C=CCC(C)c1cc(C(C)CCCN2CCC(C3=NCc4cc(F)ccc43)CC2)cc2c1N(C)CCC2. The molecule has 0 amide bonds. The van der Waals surface area contributed by atoms with Crippen molar-refractivity contribution in [3.8, 4) is 0 Å². The number of aryl methyl sites for hydroxylation is 1. The largest absolute Gasteiger partial charge is 0.374 e. The van der Waals surface area contributed by atoms with Crippen molar-refractivity contribution in [3.05, 3.63) is 76.6 Å². The maximum absolute atomic E-state index is 13.6. The number of nitrogens with zero attached hydrogens (tertiary/aromatic N) is 3. The second-order valence-corrected chi connectivity index (χ2v) is 11.7. The zero-order chi connectivity index (χ0) is 25.9. The fourth-order valence-corrected chi connectivity index (χ4v) is 6.82. The quantitative estimate of drug-likeness (QED) is 0.332. The number of hydrogen-bond donors (Lipinski definition) is 0. The van der Waals surface area contributed by atoms with Crippen molar-refractivity contribution in [2.45, 2.75) is 77.2 Å². The van der Waals surface area contributed by atoms with Crippen LogP contribution in [0.1, 0.15) is 92.0 Å². The van der Waals surface area contributed by atoms with Gasteiger partial charge in [-0.25, -0.2) is 4.39 Å². The van der Waals surface area contributed by atoms with Crippen LogP contribution in [0.4, 0.5) is 10.1 Å². The highest BCUT2D eigenvalue weighted by Gasteiger charge is 2.28. The highest BCUT2D eigenvalue weighted by Crippen LogP contribution is 2.39. The van der Waals surface area contributed by atoms with Crippen molar-refractivity contribution in [1.82, 2.24) is 4.90 Å². The second-order valence-electron chi connectivity index (χ2n) is 11.7. The molecule has 2 aromatic rings. The summed E-state index contributed by atoms with van der Waals surface area (Å²) < 4.78 is 13.6. The minimum atomic E-state index is -0.149. The lowest BCUT2D eigenvalue weighted by atomic mass is 9.84. The maximum atomic E-state index is 13.6. The molecule has 2 atom stereocenters. The summed E-state index contributed by atoms with van der Waals surface area (Å²) in [4.78, 5) is 9.92. The van der Waals surface area contributed by atoms with Gasteiger partial charge in [0.05, 0.1) is 6.54 Å². The van der Waals surface area contributed by atoms with Gasteiger partial charge >= 0.3 is 0 Å². The van der Waals surface area contributed by atoms with Crippen LogP contribution in [0, 0.1) is 11.7 Å². The standard InChI is InChI=1S/C33H44FN3/c1-5-8-24(3)31-21-27(19-26-10-7-15-36(4)33(26)31)23(2)9-6-16-37-17-13-25(14-18-37)32-30-12-11-29(34)20-28(30)22-35-32/h5,11-12,19-21,23-25H,1,6-10,13-18,22H2,2-4H3. The number of anilines is 1. The van der Waals surface area contributed by atoms with Crippen molar-refractivity contribution in [3.63, 3.8) is 0 Å². The smallest absolute Gasteiger partial charge is 0.123 e. The van der Waals surface area contributed by atoms with Crippen molar-refractivity contribution >= 4 is 11.4 Å². The molecule has 0 spiro atoms. The number of piperidine rings is 1. The Morgan fingerprint density at radius 3 is 2.68 bits per heavy atom. The Morgan fingerprint density at radius 1 is 1.08 bits per heavy atom. The van der Waals surface area contributed by atoms with Gasteiger partial charge in [-0.15, -0.1) is 6.58 Å². The Morgan fingerprint density at radius 2 is 1.89 bits per heavy atom.